The largest absolute Gasteiger partial charge is 0.380 e. The third kappa shape index (κ3) is 3.12. The molecule has 3 heterocycles. The minimum absolute atomic E-state index is 0.361. The number of ether oxygens (including phenoxy) is 1. The molecule has 2 aliphatic heterocycles. The average molecular weight is 353 g/mol. The van der Waals surface area contributed by atoms with E-state index in [2.05, 4.69) is 32.3 Å². The molecule has 2 saturated heterocycles. The van der Waals surface area contributed by atoms with Crippen molar-refractivity contribution in [3.05, 3.63) is 24.5 Å². The quantitative estimate of drug-likeness (QED) is 0.883. The summed E-state index contributed by atoms with van der Waals surface area (Å²) in [5, 5.41) is 3.75. The van der Waals surface area contributed by atoms with Crippen molar-refractivity contribution < 1.29 is 4.74 Å². The lowest BCUT2D eigenvalue weighted by Gasteiger charge is -2.34. The molecule has 1 aliphatic carbocycles. The van der Waals surface area contributed by atoms with Gasteiger partial charge in [-0.15, -0.1) is 0 Å². The predicted molar refractivity (Wildman–Crippen MR) is 104 cm³/mol. The van der Waals surface area contributed by atoms with Crippen LogP contribution in [-0.4, -0.2) is 47.3 Å². The maximum atomic E-state index is 6.07. The van der Waals surface area contributed by atoms with Crippen molar-refractivity contribution in [3.63, 3.8) is 0 Å². The second-order valence-electron chi connectivity index (χ2n) is 8.04. The topological polar surface area (TPSA) is 76.3 Å². The predicted octanol–water partition coefficient (Wildman–Crippen LogP) is 2.68. The van der Waals surface area contributed by atoms with Crippen molar-refractivity contribution in [2.45, 2.75) is 62.8 Å². The smallest absolute Gasteiger partial charge is 0.112 e. The first-order valence-electron chi connectivity index (χ1n) is 9.92. The molecule has 6 nitrogen and oxygen atoms in total. The zero-order chi connectivity index (χ0) is 17.5. The van der Waals surface area contributed by atoms with E-state index in [1.807, 2.05) is 0 Å². The molecule has 1 aromatic heterocycles. The fraction of sp³-hybridized carbons (Fsp3) is 0.600. The van der Waals surface area contributed by atoms with Gasteiger partial charge in [0, 0.05) is 43.3 Å². The Kier molecular flexibility index (Phi) is 4.17. The lowest BCUT2D eigenvalue weighted by molar-refractivity contribution is 0.0305. The molecule has 2 bridgehead atoms. The van der Waals surface area contributed by atoms with Crippen LogP contribution >= 0.6 is 0 Å². The van der Waals surface area contributed by atoms with Gasteiger partial charge >= 0.3 is 0 Å². The molecule has 0 radical (unpaired) electrons. The lowest BCUT2D eigenvalue weighted by atomic mass is 9.91. The van der Waals surface area contributed by atoms with Crippen molar-refractivity contribution in [1.29, 1.82) is 0 Å². The summed E-state index contributed by atoms with van der Waals surface area (Å²) in [6.07, 6.45) is 11.1. The Bertz CT molecular complexity index is 777. The van der Waals surface area contributed by atoms with Gasteiger partial charge in [0.1, 0.15) is 5.52 Å². The third-order valence-electron chi connectivity index (χ3n) is 6.10. The van der Waals surface area contributed by atoms with E-state index in [0.29, 0.717) is 24.3 Å². The number of hydrogen-bond donors (Lipinski definition) is 2. The third-order valence-corrected chi connectivity index (χ3v) is 6.10. The molecule has 3 aliphatic rings. The number of nitrogens with zero attached hydrogens (tertiary/aromatic N) is 3. The highest BCUT2D eigenvalue weighted by molar-refractivity contribution is 5.91. The number of nitrogens with two attached hydrogens (primary N) is 1. The van der Waals surface area contributed by atoms with Crippen LogP contribution in [0.15, 0.2) is 24.5 Å². The van der Waals surface area contributed by atoms with Gasteiger partial charge in [-0.2, -0.15) is 0 Å². The molecule has 0 amide bonds. The Morgan fingerprint density at radius 3 is 2.46 bits per heavy atom. The van der Waals surface area contributed by atoms with Crippen molar-refractivity contribution in [2.24, 2.45) is 5.73 Å². The zero-order valence-corrected chi connectivity index (χ0v) is 15.1. The first-order chi connectivity index (χ1) is 12.7. The molecule has 1 saturated carbocycles. The number of anilines is 2. The SMILES string of the molecule is NC1CCC(Nc2cc(N3C[C@H]4CC[C@@H](C3)O4)cc3nccnc23)CC1. The number of hydrogen-bond acceptors (Lipinski definition) is 6. The molecule has 2 atom stereocenters. The van der Waals surface area contributed by atoms with Crippen LogP contribution in [0.5, 0.6) is 0 Å². The minimum atomic E-state index is 0.361. The Balaban J connectivity index is 1.46. The maximum Gasteiger partial charge on any atom is 0.112 e. The van der Waals surface area contributed by atoms with Gasteiger partial charge < -0.3 is 20.7 Å². The van der Waals surface area contributed by atoms with E-state index in [4.69, 9.17) is 10.5 Å². The lowest BCUT2D eigenvalue weighted by Crippen LogP contribution is -2.42. The van der Waals surface area contributed by atoms with Gasteiger partial charge in [-0.25, -0.2) is 0 Å². The zero-order valence-electron chi connectivity index (χ0n) is 15.1. The molecule has 2 aromatic rings. The fourth-order valence-corrected chi connectivity index (χ4v) is 4.66. The summed E-state index contributed by atoms with van der Waals surface area (Å²) in [5.74, 6) is 0. The van der Waals surface area contributed by atoms with E-state index in [0.717, 1.165) is 55.5 Å². The molecule has 138 valence electrons. The van der Waals surface area contributed by atoms with Gasteiger partial charge in [-0.3, -0.25) is 9.97 Å². The van der Waals surface area contributed by atoms with Gasteiger partial charge in [-0.1, -0.05) is 0 Å². The van der Waals surface area contributed by atoms with Crippen molar-refractivity contribution in [3.8, 4) is 0 Å². The summed E-state index contributed by atoms with van der Waals surface area (Å²) in [5.41, 5.74) is 10.3. The van der Waals surface area contributed by atoms with Crippen molar-refractivity contribution in [2.75, 3.05) is 23.3 Å². The Morgan fingerprint density at radius 2 is 1.69 bits per heavy atom. The summed E-state index contributed by atoms with van der Waals surface area (Å²) in [4.78, 5) is 11.6. The van der Waals surface area contributed by atoms with Crippen molar-refractivity contribution in [1.82, 2.24) is 9.97 Å². The molecule has 5 rings (SSSR count). The van der Waals surface area contributed by atoms with E-state index in [-0.39, 0.29) is 0 Å². The number of aromatic nitrogens is 2. The maximum absolute atomic E-state index is 6.07. The fourth-order valence-electron chi connectivity index (χ4n) is 4.66. The molecule has 26 heavy (non-hydrogen) atoms. The highest BCUT2D eigenvalue weighted by Crippen LogP contribution is 2.34. The van der Waals surface area contributed by atoms with Gasteiger partial charge in [0.05, 0.1) is 23.4 Å². The normalized spacial score (nSPS) is 31.3. The monoisotopic (exact) mass is 353 g/mol. The number of nitrogens with one attached hydrogen (secondary N) is 1. The minimum Gasteiger partial charge on any atom is -0.380 e. The molecule has 0 spiro atoms. The van der Waals surface area contributed by atoms with Gasteiger partial charge in [0.2, 0.25) is 0 Å². The van der Waals surface area contributed by atoms with Crippen molar-refractivity contribution >= 4 is 22.4 Å². The van der Waals surface area contributed by atoms with Crippen LogP contribution in [0.4, 0.5) is 11.4 Å². The summed E-state index contributed by atoms with van der Waals surface area (Å²) in [6, 6.07) is 5.27. The van der Waals surface area contributed by atoms with Crippen LogP contribution < -0.4 is 16.0 Å². The van der Waals surface area contributed by atoms with Gasteiger partial charge in [0.15, 0.2) is 0 Å². The van der Waals surface area contributed by atoms with Crippen LogP contribution in [0.3, 0.4) is 0 Å². The molecule has 6 heteroatoms. The number of fused-ring (bicyclic) bond motifs is 3. The van der Waals surface area contributed by atoms with Crippen LogP contribution in [0.2, 0.25) is 0 Å². The highest BCUT2D eigenvalue weighted by Gasteiger charge is 2.34. The molecule has 0 unspecified atom stereocenters. The van der Waals surface area contributed by atoms with Crippen LogP contribution in [0, 0.1) is 0 Å². The number of morpholine rings is 1. The van der Waals surface area contributed by atoms with Gasteiger partial charge in [0.25, 0.3) is 0 Å². The molecular formula is C20H27N5O. The molecule has 3 fully saturated rings. The van der Waals surface area contributed by atoms with E-state index in [9.17, 15) is 0 Å². The molecule has 3 N–H and O–H groups in total. The van der Waals surface area contributed by atoms with Crippen LogP contribution in [0.1, 0.15) is 38.5 Å². The first-order valence-corrected chi connectivity index (χ1v) is 9.92. The van der Waals surface area contributed by atoms with E-state index in [1.54, 1.807) is 12.4 Å². The van der Waals surface area contributed by atoms with Crippen LogP contribution in [0.25, 0.3) is 11.0 Å². The Morgan fingerprint density at radius 1 is 0.962 bits per heavy atom. The molecule has 1 aromatic carbocycles. The first kappa shape index (κ1) is 16.3. The van der Waals surface area contributed by atoms with E-state index >= 15 is 0 Å². The van der Waals surface area contributed by atoms with Gasteiger partial charge in [-0.05, 0) is 50.7 Å². The second kappa shape index (κ2) is 6.67. The summed E-state index contributed by atoms with van der Waals surface area (Å²) in [7, 11) is 0. The molecular weight excluding hydrogens is 326 g/mol. The Hall–Kier alpha value is -1.92. The number of rotatable bonds is 3. The summed E-state index contributed by atoms with van der Waals surface area (Å²) in [6.45, 7) is 1.94. The standard InChI is InChI=1S/C20H27N5O/c21-13-1-3-14(4-2-13)24-19-10-15(9-18-20(19)23-8-7-22-18)25-11-16-5-6-17(12-25)26-16/h7-10,13-14,16-17,24H,1-6,11-12,21H2/t13?,14?,16-,17+. The highest BCUT2D eigenvalue weighted by atomic mass is 16.5. The Labute approximate surface area is 154 Å². The second-order valence-corrected chi connectivity index (χ2v) is 8.04. The number of benzene rings is 1. The summed E-state index contributed by atoms with van der Waals surface area (Å²) < 4.78 is 6.00. The van der Waals surface area contributed by atoms with E-state index < -0.39 is 0 Å². The average Bonchev–Trinajstić information content (AvgIpc) is 3.01. The van der Waals surface area contributed by atoms with E-state index in [1.165, 1.54) is 18.5 Å². The van der Waals surface area contributed by atoms with Crippen LogP contribution in [-0.2, 0) is 4.74 Å². The summed E-state index contributed by atoms with van der Waals surface area (Å²) >= 11 is 0.